The second-order valence-electron chi connectivity index (χ2n) is 10.2. The summed E-state index contributed by atoms with van der Waals surface area (Å²) in [7, 11) is 0. The Morgan fingerprint density at radius 2 is 1.74 bits per heavy atom. The number of allylic oxidation sites excluding steroid dienone is 1. The minimum absolute atomic E-state index is 0.0648. The molecule has 2 aliphatic carbocycles. The number of benzene rings is 3. The van der Waals surface area contributed by atoms with Gasteiger partial charge < -0.3 is 24.6 Å². The zero-order chi connectivity index (χ0) is 29.2. The minimum Gasteiger partial charge on any atom is -0.512 e. The Morgan fingerprint density at radius 1 is 1.07 bits per heavy atom. The highest BCUT2D eigenvalue weighted by Gasteiger charge is 2.36. The van der Waals surface area contributed by atoms with Gasteiger partial charge in [0.05, 0.1) is 27.4 Å². The highest BCUT2D eigenvalue weighted by atomic mass is 32.2. The van der Waals surface area contributed by atoms with Gasteiger partial charge >= 0.3 is 6.09 Å². The highest BCUT2D eigenvalue weighted by molar-refractivity contribution is 7.99. The maximum atomic E-state index is 12.9. The Kier molecular flexibility index (Phi) is 7.75. The number of nitrogens with one attached hydrogen (secondary N) is 1. The quantitative estimate of drug-likeness (QED) is 0.170. The first-order valence-corrected chi connectivity index (χ1v) is 14.7. The van der Waals surface area contributed by atoms with Crippen molar-refractivity contribution in [1.82, 2.24) is 5.32 Å². The summed E-state index contributed by atoms with van der Waals surface area (Å²) in [6, 6.07) is 18.9. The number of aliphatic hydroxyl groups excluding tert-OH is 1. The van der Waals surface area contributed by atoms with Crippen molar-refractivity contribution < 1.29 is 33.8 Å². The highest BCUT2D eigenvalue weighted by Crippen LogP contribution is 2.48. The van der Waals surface area contributed by atoms with Gasteiger partial charge in [-0.2, -0.15) is 0 Å². The summed E-state index contributed by atoms with van der Waals surface area (Å²) in [6.45, 7) is 0.289. The lowest BCUT2D eigenvalue weighted by molar-refractivity contribution is -0.385. The lowest BCUT2D eigenvalue weighted by atomic mass is 9.90. The first-order valence-electron chi connectivity index (χ1n) is 13.7. The molecule has 1 amide bonds. The molecule has 216 valence electrons. The summed E-state index contributed by atoms with van der Waals surface area (Å²) >= 11 is 1.22. The normalized spacial score (nSPS) is 16.1. The monoisotopic (exact) mass is 588 g/mol. The van der Waals surface area contributed by atoms with E-state index in [0.717, 1.165) is 22.3 Å². The zero-order valence-electron chi connectivity index (χ0n) is 22.5. The predicted molar refractivity (Wildman–Crippen MR) is 156 cm³/mol. The number of carbonyl (C=O) groups excluding carboxylic acids is 2. The molecule has 1 aliphatic heterocycles. The van der Waals surface area contributed by atoms with Crippen LogP contribution in [-0.4, -0.2) is 47.6 Å². The lowest BCUT2D eigenvalue weighted by Crippen LogP contribution is -2.28. The summed E-state index contributed by atoms with van der Waals surface area (Å²) in [6.07, 6.45) is 0.484. The van der Waals surface area contributed by atoms with E-state index in [2.05, 4.69) is 17.4 Å². The third-order valence-corrected chi connectivity index (χ3v) is 8.95. The second kappa shape index (κ2) is 11.8. The van der Waals surface area contributed by atoms with Gasteiger partial charge in [0.1, 0.15) is 12.4 Å². The number of hydrogen-bond donors (Lipinski definition) is 2. The van der Waals surface area contributed by atoms with Gasteiger partial charge in [-0.05, 0) is 34.7 Å². The molecule has 10 nitrogen and oxygen atoms in total. The third kappa shape index (κ3) is 5.27. The van der Waals surface area contributed by atoms with Crippen molar-refractivity contribution in [1.29, 1.82) is 0 Å². The molecule has 3 aromatic carbocycles. The molecule has 0 fully saturated rings. The van der Waals surface area contributed by atoms with Crippen molar-refractivity contribution in [2.75, 3.05) is 25.7 Å². The number of fused-ring (bicyclic) bond motifs is 4. The van der Waals surface area contributed by atoms with E-state index in [-0.39, 0.29) is 66.4 Å². The number of amides is 1. The fourth-order valence-electron chi connectivity index (χ4n) is 5.77. The molecule has 0 radical (unpaired) electrons. The van der Waals surface area contributed by atoms with Crippen LogP contribution in [0, 0.1) is 10.1 Å². The van der Waals surface area contributed by atoms with Crippen molar-refractivity contribution in [3.63, 3.8) is 0 Å². The van der Waals surface area contributed by atoms with Gasteiger partial charge in [0.2, 0.25) is 6.79 Å². The Balaban J connectivity index is 1.13. The van der Waals surface area contributed by atoms with Crippen molar-refractivity contribution in [2.24, 2.45) is 0 Å². The number of hydrogen-bond acceptors (Lipinski definition) is 9. The van der Waals surface area contributed by atoms with Crippen LogP contribution in [0.4, 0.5) is 10.5 Å². The molecule has 2 N–H and O–H groups in total. The van der Waals surface area contributed by atoms with Crippen molar-refractivity contribution in [3.05, 3.63) is 98.8 Å². The van der Waals surface area contributed by atoms with Crippen LogP contribution >= 0.6 is 11.8 Å². The molecule has 3 aliphatic rings. The van der Waals surface area contributed by atoms with Crippen LogP contribution in [0.5, 0.6) is 11.5 Å². The minimum atomic E-state index is -0.836. The third-order valence-electron chi connectivity index (χ3n) is 7.69. The number of carbonyl (C=O) groups is 2. The van der Waals surface area contributed by atoms with Crippen LogP contribution < -0.4 is 14.8 Å². The molecule has 3 aromatic rings. The maximum absolute atomic E-state index is 12.9. The van der Waals surface area contributed by atoms with Crippen LogP contribution in [0.3, 0.4) is 0 Å². The number of ether oxygens (including phenoxy) is 3. The van der Waals surface area contributed by atoms with Gasteiger partial charge in [0.25, 0.3) is 5.69 Å². The topological polar surface area (TPSA) is 137 Å². The van der Waals surface area contributed by atoms with E-state index in [0.29, 0.717) is 24.3 Å². The number of nitro groups is 1. The molecule has 0 saturated heterocycles. The molecule has 1 atom stereocenters. The number of aliphatic hydroxyl groups is 1. The predicted octanol–water partition coefficient (Wildman–Crippen LogP) is 6.20. The zero-order valence-corrected chi connectivity index (χ0v) is 23.4. The molecule has 0 bridgehead atoms. The number of nitro benzene ring substituents is 1. The van der Waals surface area contributed by atoms with Crippen LogP contribution in [-0.2, 0) is 9.53 Å². The Bertz CT molecular complexity index is 1560. The number of nitrogens with zero attached hydrogens (tertiary/aromatic N) is 1. The van der Waals surface area contributed by atoms with E-state index in [1.54, 1.807) is 0 Å². The summed E-state index contributed by atoms with van der Waals surface area (Å²) in [5.41, 5.74) is 4.64. The Morgan fingerprint density at radius 3 is 2.40 bits per heavy atom. The average molecular weight is 589 g/mol. The largest absolute Gasteiger partial charge is 0.512 e. The number of ketones is 1. The number of Topliss-reactive ketones (excluding diaryl/α,β-unsaturated/α-hetero) is 1. The average Bonchev–Trinajstić information content (AvgIpc) is 3.58. The second-order valence-corrected chi connectivity index (χ2v) is 11.4. The summed E-state index contributed by atoms with van der Waals surface area (Å²) < 4.78 is 16.4. The number of alkyl carbamates (subject to hydrolysis) is 1. The van der Waals surface area contributed by atoms with Crippen LogP contribution in [0.15, 0.2) is 72.0 Å². The summed E-state index contributed by atoms with van der Waals surface area (Å²) in [5, 5.41) is 24.6. The molecule has 0 saturated carbocycles. The molecule has 11 heteroatoms. The van der Waals surface area contributed by atoms with E-state index in [1.807, 2.05) is 36.4 Å². The molecule has 1 unspecified atom stereocenters. The molecule has 0 aromatic heterocycles. The summed E-state index contributed by atoms with van der Waals surface area (Å²) in [5.74, 6) is 0.485. The van der Waals surface area contributed by atoms with Crippen LogP contribution in [0.25, 0.3) is 11.1 Å². The molecular formula is C31H28N2O8S. The first kappa shape index (κ1) is 27.6. The number of rotatable bonds is 9. The lowest BCUT2D eigenvalue weighted by Gasteiger charge is -2.24. The first-order chi connectivity index (χ1) is 20.4. The Labute approximate surface area is 245 Å². The van der Waals surface area contributed by atoms with Crippen LogP contribution in [0.1, 0.15) is 47.1 Å². The SMILES string of the molecule is O=C(NCCSC(C1=C(O)CCCC1=O)c1cc2c(cc1[N+](=O)[O-])OCO2)OCC1c2ccccc2-c2ccccc21. The van der Waals surface area contributed by atoms with Crippen molar-refractivity contribution >= 4 is 29.3 Å². The van der Waals surface area contributed by atoms with Gasteiger partial charge in [0, 0.05) is 31.1 Å². The number of thioether (sulfide) groups is 1. The van der Waals surface area contributed by atoms with E-state index < -0.39 is 16.3 Å². The van der Waals surface area contributed by atoms with Gasteiger partial charge in [0.15, 0.2) is 17.3 Å². The summed E-state index contributed by atoms with van der Waals surface area (Å²) in [4.78, 5) is 37.0. The molecule has 42 heavy (non-hydrogen) atoms. The van der Waals surface area contributed by atoms with E-state index >= 15 is 0 Å². The smallest absolute Gasteiger partial charge is 0.407 e. The van der Waals surface area contributed by atoms with E-state index in [9.17, 15) is 24.8 Å². The van der Waals surface area contributed by atoms with E-state index in [1.165, 1.54) is 23.9 Å². The molecule has 6 rings (SSSR count). The van der Waals surface area contributed by atoms with Gasteiger partial charge in [-0.1, -0.05) is 48.5 Å². The maximum Gasteiger partial charge on any atom is 0.407 e. The Hall–Kier alpha value is -4.51. The fraction of sp³-hybridized carbons (Fsp3) is 0.290. The molecular weight excluding hydrogens is 560 g/mol. The van der Waals surface area contributed by atoms with Gasteiger partial charge in [-0.15, -0.1) is 11.8 Å². The van der Waals surface area contributed by atoms with E-state index in [4.69, 9.17) is 14.2 Å². The van der Waals surface area contributed by atoms with Crippen LogP contribution in [0.2, 0.25) is 0 Å². The van der Waals surface area contributed by atoms with Gasteiger partial charge in [-0.3, -0.25) is 14.9 Å². The van der Waals surface area contributed by atoms with Crippen molar-refractivity contribution in [2.45, 2.75) is 30.4 Å². The standard InChI is InChI=1S/C31H28N2O8S/c34-25-10-5-11-26(35)29(25)30(22-14-27-28(41-17-40-27)15-24(22)33(37)38)42-13-12-32-31(36)39-16-23-20-8-3-1-6-18(20)19-7-2-4-9-21(19)23/h1-4,6-9,14-15,23,30,34H,5,10-13,16-17H2,(H,32,36). The van der Waals surface area contributed by atoms with Crippen molar-refractivity contribution in [3.8, 4) is 22.6 Å². The van der Waals surface area contributed by atoms with Gasteiger partial charge in [-0.25, -0.2) is 4.79 Å². The molecule has 0 spiro atoms. The molecule has 1 heterocycles. The fourth-order valence-corrected chi connectivity index (χ4v) is 7.03.